The van der Waals surface area contributed by atoms with Crippen LogP contribution >= 0.6 is 21.6 Å². The summed E-state index contributed by atoms with van der Waals surface area (Å²) in [7, 11) is 2.18. The number of carbonyl (C=O) groups excluding carboxylic acids is 12. The lowest BCUT2D eigenvalue weighted by atomic mass is 9.82. The Balaban J connectivity index is 1.26. The highest BCUT2D eigenvalue weighted by Crippen LogP contribution is 2.33. The fourth-order valence-electron chi connectivity index (χ4n) is 13.8. The fourth-order valence-corrected chi connectivity index (χ4v) is 16.3. The number of Topliss-reactive ketones (excluding diaryl/α,β-unsaturated/α-hetero) is 4. The Hall–Kier alpha value is -9.11. The first kappa shape index (κ1) is 83.5. The van der Waals surface area contributed by atoms with Gasteiger partial charge < -0.3 is 80.8 Å². The highest BCUT2D eigenvalue weighted by Gasteiger charge is 2.42. The van der Waals surface area contributed by atoms with Crippen LogP contribution in [0.1, 0.15) is 146 Å². The highest BCUT2D eigenvalue weighted by molar-refractivity contribution is 8.76. The molecule has 2 bridgehead atoms. The molecule has 19 N–H and O–H groups in total. The van der Waals surface area contributed by atoms with Gasteiger partial charge in [0.25, 0.3) is 0 Å². The molecule has 4 aliphatic rings. The number of unbranched alkanes of at least 4 members (excludes halogenated alkanes) is 3. The van der Waals surface area contributed by atoms with Crippen molar-refractivity contribution in [3.63, 3.8) is 0 Å². The van der Waals surface area contributed by atoms with Crippen LogP contribution in [0.4, 0.5) is 0 Å². The Bertz CT molecular complexity index is 3790. The van der Waals surface area contributed by atoms with Crippen molar-refractivity contribution in [1.82, 2.24) is 57.1 Å². The molecule has 30 nitrogen and oxygen atoms in total. The first-order chi connectivity index (χ1) is 51.6. The molecule has 4 aliphatic heterocycles. The van der Waals surface area contributed by atoms with Crippen LogP contribution in [0.3, 0.4) is 0 Å². The normalized spacial score (nSPS) is 25.7. The second kappa shape index (κ2) is 43.0. The van der Waals surface area contributed by atoms with Crippen molar-refractivity contribution >= 4 is 115 Å². The van der Waals surface area contributed by atoms with Gasteiger partial charge in [0.05, 0.1) is 12.4 Å². The van der Waals surface area contributed by atoms with E-state index in [9.17, 15) is 19.2 Å². The molecule has 0 radical (unpaired) electrons. The molecular formula is C75H106N18O12S2. The van der Waals surface area contributed by atoms with Gasteiger partial charge in [-0.25, -0.2) is 4.98 Å². The highest BCUT2D eigenvalue weighted by atomic mass is 33.1. The number of amides is 8. The summed E-state index contributed by atoms with van der Waals surface area (Å²) in [5, 5.41) is 20.9. The third-order valence-electron chi connectivity index (χ3n) is 20.0. The number of aromatic nitrogens is 3. The number of ketones is 4. The van der Waals surface area contributed by atoms with Crippen LogP contribution in [0.25, 0.3) is 10.9 Å². The van der Waals surface area contributed by atoms with Crippen molar-refractivity contribution in [2.45, 2.75) is 197 Å². The van der Waals surface area contributed by atoms with E-state index in [0.29, 0.717) is 80.4 Å². The average Bonchev–Trinajstić information content (AvgIpc) is 1.73. The number of para-hydroxylation sites is 1. The summed E-state index contributed by atoms with van der Waals surface area (Å²) in [6, 6.07) is 5.47. The Morgan fingerprint density at radius 2 is 1.14 bits per heavy atom. The fraction of sp³-hybridized carbons (Fsp3) is 0.560. The Morgan fingerprint density at radius 1 is 0.551 bits per heavy atom. The second-order valence-corrected chi connectivity index (χ2v) is 30.7. The number of imidazole rings is 1. The first-order valence-electron chi connectivity index (χ1n) is 37.3. The van der Waals surface area contributed by atoms with Crippen molar-refractivity contribution in [3.05, 3.63) is 102 Å². The molecule has 0 spiro atoms. The Kier molecular flexibility index (Phi) is 33.6. The lowest BCUT2D eigenvalue weighted by Gasteiger charge is -2.31. The summed E-state index contributed by atoms with van der Waals surface area (Å²) >= 11 is 0. The SMILES string of the molecule is C[C@@H]1CC(=O)[C@@H]2CSSC[C@H](NC(=O)[C@H](CCCN=C(N)N)NC(=O)[C@H](CCCCN)NC(=O)[C@H](CCCCN)NC(=O)[C@H](CCCCN)CC1=O)C(=O)N1CCC[C@H]1C(=O)N[C@@H](Cc1cnc[nH]1)C(=O)N[C@H](Cc1ccccc1)C(=O)N[C@@H](CC1=CCC=N1)C(=O)C[C@@H](Cc1c[nH]c3ccccc13)C(=O)C2. The van der Waals surface area contributed by atoms with Crippen LogP contribution in [-0.2, 0) is 76.8 Å². The molecule has 107 heavy (non-hydrogen) atoms. The topological polar surface area (TPSA) is 492 Å². The van der Waals surface area contributed by atoms with Gasteiger partial charge in [-0.05, 0) is 120 Å². The number of allylic oxidation sites excluding steroid dienone is 1. The predicted octanol–water partition coefficient (Wildman–Crippen LogP) is 2.22. The summed E-state index contributed by atoms with van der Waals surface area (Å²) in [4.78, 5) is 202. The van der Waals surface area contributed by atoms with Crippen LogP contribution in [0, 0.1) is 23.7 Å². The Labute approximate surface area is 631 Å². The van der Waals surface area contributed by atoms with E-state index in [1.807, 2.05) is 30.3 Å². The molecule has 3 fully saturated rings. The number of nitrogens with two attached hydrogens (primary N) is 5. The zero-order valence-corrected chi connectivity index (χ0v) is 62.5. The van der Waals surface area contributed by atoms with Crippen molar-refractivity contribution in [1.29, 1.82) is 0 Å². The quantitative estimate of drug-likeness (QED) is 0.0207. The molecule has 8 amide bonds. The molecule has 0 aliphatic carbocycles. The monoisotopic (exact) mass is 1510 g/mol. The molecule has 0 saturated carbocycles. The van der Waals surface area contributed by atoms with Gasteiger partial charge in [-0.15, -0.1) is 0 Å². The minimum absolute atomic E-state index is 0.00126. The van der Waals surface area contributed by atoms with E-state index in [1.165, 1.54) is 17.4 Å². The lowest BCUT2D eigenvalue weighted by molar-refractivity contribution is -0.142. The van der Waals surface area contributed by atoms with Crippen molar-refractivity contribution < 1.29 is 57.5 Å². The first-order valence-corrected chi connectivity index (χ1v) is 39.8. The van der Waals surface area contributed by atoms with E-state index in [4.69, 9.17) is 28.7 Å². The number of fused-ring (bicyclic) bond motifs is 7. The van der Waals surface area contributed by atoms with Crippen molar-refractivity contribution in [2.75, 3.05) is 44.2 Å². The molecule has 32 heteroatoms. The lowest BCUT2D eigenvalue weighted by Crippen LogP contribution is -2.60. The van der Waals surface area contributed by atoms with Gasteiger partial charge in [-0.2, -0.15) is 0 Å². The summed E-state index contributed by atoms with van der Waals surface area (Å²) < 4.78 is 0. The third-order valence-corrected chi connectivity index (χ3v) is 22.5. The van der Waals surface area contributed by atoms with Crippen LogP contribution in [0.15, 0.2) is 95.1 Å². The average molecular weight is 1520 g/mol. The number of nitrogens with zero attached hydrogens (tertiary/aromatic N) is 4. The maximum Gasteiger partial charge on any atom is 0.246 e. The van der Waals surface area contributed by atoms with Crippen LogP contribution in [0.2, 0.25) is 0 Å². The van der Waals surface area contributed by atoms with Crippen molar-refractivity contribution in [3.8, 4) is 0 Å². The molecule has 8 rings (SSSR count). The summed E-state index contributed by atoms with van der Waals surface area (Å²) in [6.07, 6.45) is 9.92. The number of hydrogen-bond donors (Lipinski definition) is 14. The van der Waals surface area contributed by atoms with Gasteiger partial charge in [0.2, 0.25) is 47.3 Å². The minimum atomic E-state index is -1.48. The molecule has 2 aromatic carbocycles. The summed E-state index contributed by atoms with van der Waals surface area (Å²) in [6.45, 7) is 2.41. The third kappa shape index (κ3) is 25.8. The number of aliphatic imine (C=N–C) groups is 2. The summed E-state index contributed by atoms with van der Waals surface area (Å²) in [5.74, 6) is -12.9. The minimum Gasteiger partial charge on any atom is -0.370 e. The van der Waals surface area contributed by atoms with Gasteiger partial charge in [-0.3, -0.25) is 67.5 Å². The van der Waals surface area contributed by atoms with Crippen LogP contribution in [-0.4, -0.2) is 195 Å². The van der Waals surface area contributed by atoms with Gasteiger partial charge in [-0.1, -0.05) is 89.5 Å². The van der Waals surface area contributed by atoms with Crippen LogP contribution in [0.5, 0.6) is 0 Å². The van der Waals surface area contributed by atoms with Crippen LogP contribution < -0.4 is 65.9 Å². The molecule has 2 aromatic heterocycles. The number of aromatic amines is 2. The smallest absolute Gasteiger partial charge is 0.246 e. The maximum atomic E-state index is 15.7. The molecule has 4 aromatic rings. The molecule has 3 saturated heterocycles. The number of guanidine groups is 1. The van der Waals surface area contributed by atoms with Gasteiger partial charge in [0.1, 0.15) is 59.6 Å². The zero-order valence-electron chi connectivity index (χ0n) is 60.9. The standard InChI is InChI=1S/C75H106N18O12S2/c1-45-32-64(95)50-37-65(96)48(34-49-40-84-54-21-6-5-20-53(49)54)36-66(97)58(38-51-19-13-29-82-51)89-71(102)59(33-46-16-3-2-4-17-46)90-72(103)60(39-52-41-81-44-85-52)91-73(104)62-25-15-31-93(62)74(105)61(43-107-106-42-50)92-70(101)57(24-14-30-83-75(79)80)88-69(100)56(23-9-12-28-78)87-68(99)55(22-8-11-27-77)86-67(98)47(35-63(45)94)18-7-10-26-76/h2-6,16-17,19-21,29,40-41,44-45,47-48,50,55-62,84H,7-15,18,22-28,30-39,42-43,76-78H2,1H3,(H,81,85)(H,86,98)(H,87,99)(H,88,100)(H,89,102)(H,90,103)(H,91,104)(H,92,101)(H4,79,80,83)/t45-,47-,48-,50+,55+,56+,57+,58+,59-,60+,61+,62+/m1/s1. The van der Waals surface area contributed by atoms with E-state index >= 15 is 38.4 Å². The molecule has 12 atom stereocenters. The number of rotatable bonds is 24. The molecule has 580 valence electrons. The molecule has 0 unspecified atom stereocenters. The molecule has 6 heterocycles. The van der Waals surface area contributed by atoms with E-state index in [1.54, 1.807) is 49.7 Å². The number of hydrogen-bond acceptors (Lipinski definition) is 20. The van der Waals surface area contributed by atoms with E-state index in [-0.39, 0.29) is 121 Å². The zero-order chi connectivity index (χ0) is 76.8. The van der Waals surface area contributed by atoms with E-state index < -0.39 is 155 Å². The Morgan fingerprint density at radius 3 is 1.79 bits per heavy atom. The number of nitrogens with one attached hydrogen (secondary N) is 9. The predicted molar refractivity (Wildman–Crippen MR) is 410 cm³/mol. The number of benzene rings is 2. The summed E-state index contributed by atoms with van der Waals surface area (Å²) in [5.41, 5.74) is 32.2. The largest absolute Gasteiger partial charge is 0.370 e. The molecular weight excluding hydrogens is 1410 g/mol. The van der Waals surface area contributed by atoms with Gasteiger partial charge in [0.15, 0.2) is 11.7 Å². The van der Waals surface area contributed by atoms with Gasteiger partial charge >= 0.3 is 0 Å². The maximum absolute atomic E-state index is 15.7. The van der Waals surface area contributed by atoms with Crippen molar-refractivity contribution in [2.24, 2.45) is 62.3 Å². The van der Waals surface area contributed by atoms with E-state index in [0.717, 1.165) is 32.5 Å². The second-order valence-electron chi connectivity index (χ2n) is 28.1. The van der Waals surface area contributed by atoms with Gasteiger partial charge in [0, 0.05) is 141 Å². The van der Waals surface area contributed by atoms with E-state index in [2.05, 4.69) is 62.2 Å². The number of carbonyl (C=O) groups is 12. The number of H-pyrrole nitrogens is 2.